The number of carbonyl (C=O) groups is 2. The normalized spacial score (nSPS) is 10.3. The molecule has 0 atom stereocenters. The maximum Gasteiger partial charge on any atom is 0.262 e. The zero-order valence-electron chi connectivity index (χ0n) is 16.6. The van der Waals surface area contributed by atoms with E-state index in [-0.39, 0.29) is 18.4 Å². The van der Waals surface area contributed by atoms with Crippen LogP contribution in [0.5, 0.6) is 5.75 Å². The minimum Gasteiger partial charge on any atom is -0.483 e. The van der Waals surface area contributed by atoms with Gasteiger partial charge in [0.2, 0.25) is 0 Å². The van der Waals surface area contributed by atoms with Gasteiger partial charge in [0.1, 0.15) is 5.75 Å². The summed E-state index contributed by atoms with van der Waals surface area (Å²) in [6.07, 6.45) is 0. The lowest BCUT2D eigenvalue weighted by atomic mass is 10.1. The van der Waals surface area contributed by atoms with E-state index in [0.717, 1.165) is 22.4 Å². The summed E-state index contributed by atoms with van der Waals surface area (Å²) in [5.74, 6) is -0.165. The summed E-state index contributed by atoms with van der Waals surface area (Å²) in [7, 11) is 0. The standard InChI is InChI=1S/C24H24N2O3/c1-17-12-18(2)14-20(13-17)26-23(27)16-29-22-11-7-6-10-21(22)24(28)25-15-19-8-4-3-5-9-19/h3-14H,15-16H2,1-2H3,(H,25,28)(H,26,27). The fraction of sp³-hybridized carbons (Fsp3) is 0.167. The van der Waals surface area contributed by atoms with Gasteiger partial charge >= 0.3 is 0 Å². The summed E-state index contributed by atoms with van der Waals surface area (Å²) >= 11 is 0. The van der Waals surface area contributed by atoms with Crippen molar-refractivity contribution in [3.63, 3.8) is 0 Å². The largest absolute Gasteiger partial charge is 0.483 e. The van der Waals surface area contributed by atoms with Gasteiger partial charge in [-0.05, 0) is 54.8 Å². The number of amides is 2. The molecule has 3 aromatic carbocycles. The van der Waals surface area contributed by atoms with E-state index in [9.17, 15) is 9.59 Å². The zero-order chi connectivity index (χ0) is 20.6. The minimum atomic E-state index is -0.283. The second-order valence-electron chi connectivity index (χ2n) is 6.88. The van der Waals surface area contributed by atoms with Gasteiger partial charge in [0, 0.05) is 12.2 Å². The molecular weight excluding hydrogens is 364 g/mol. The van der Waals surface area contributed by atoms with Crippen molar-refractivity contribution >= 4 is 17.5 Å². The zero-order valence-corrected chi connectivity index (χ0v) is 16.6. The lowest BCUT2D eigenvalue weighted by Crippen LogP contribution is -2.25. The number of benzene rings is 3. The van der Waals surface area contributed by atoms with Crippen molar-refractivity contribution < 1.29 is 14.3 Å². The maximum atomic E-state index is 12.6. The van der Waals surface area contributed by atoms with E-state index in [1.807, 2.05) is 62.4 Å². The summed E-state index contributed by atoms with van der Waals surface area (Å²) in [5.41, 5.74) is 4.27. The molecule has 0 unspecified atom stereocenters. The fourth-order valence-corrected chi connectivity index (χ4v) is 3.04. The van der Waals surface area contributed by atoms with Crippen molar-refractivity contribution in [3.05, 3.63) is 95.1 Å². The van der Waals surface area contributed by atoms with E-state index >= 15 is 0 Å². The number of carbonyl (C=O) groups excluding carboxylic acids is 2. The first kappa shape index (κ1) is 20.1. The van der Waals surface area contributed by atoms with Crippen molar-refractivity contribution in [2.75, 3.05) is 11.9 Å². The number of hydrogen-bond donors (Lipinski definition) is 2. The highest BCUT2D eigenvalue weighted by molar-refractivity contribution is 5.97. The first-order valence-electron chi connectivity index (χ1n) is 9.43. The van der Waals surface area contributed by atoms with Crippen LogP contribution < -0.4 is 15.4 Å². The molecule has 0 saturated heterocycles. The molecule has 5 heteroatoms. The third-order valence-electron chi connectivity index (χ3n) is 4.29. The Morgan fingerprint density at radius 2 is 1.52 bits per heavy atom. The second kappa shape index (κ2) is 9.55. The van der Waals surface area contributed by atoms with Gasteiger partial charge in [0.25, 0.3) is 11.8 Å². The van der Waals surface area contributed by atoms with Crippen molar-refractivity contribution in [1.82, 2.24) is 5.32 Å². The topological polar surface area (TPSA) is 67.4 Å². The number of para-hydroxylation sites is 1. The quantitative estimate of drug-likeness (QED) is 0.636. The Kier molecular flexibility index (Phi) is 6.63. The smallest absolute Gasteiger partial charge is 0.262 e. The predicted molar refractivity (Wildman–Crippen MR) is 114 cm³/mol. The molecule has 0 bridgehead atoms. The van der Waals surface area contributed by atoms with Gasteiger partial charge < -0.3 is 15.4 Å². The van der Waals surface area contributed by atoms with E-state index in [4.69, 9.17) is 4.74 Å². The lowest BCUT2D eigenvalue weighted by Gasteiger charge is -2.12. The number of anilines is 1. The van der Waals surface area contributed by atoms with Crippen LogP contribution in [-0.4, -0.2) is 18.4 Å². The van der Waals surface area contributed by atoms with Gasteiger partial charge in [0.05, 0.1) is 5.56 Å². The SMILES string of the molecule is Cc1cc(C)cc(NC(=O)COc2ccccc2C(=O)NCc2ccccc2)c1. The van der Waals surface area contributed by atoms with E-state index in [2.05, 4.69) is 10.6 Å². The van der Waals surface area contributed by atoms with Gasteiger partial charge in [0.15, 0.2) is 6.61 Å². The molecule has 0 aliphatic rings. The Bertz CT molecular complexity index is 980. The molecule has 29 heavy (non-hydrogen) atoms. The van der Waals surface area contributed by atoms with Crippen LogP contribution in [0.3, 0.4) is 0 Å². The van der Waals surface area contributed by atoms with Crippen LogP contribution in [0.2, 0.25) is 0 Å². The number of rotatable bonds is 7. The molecule has 2 N–H and O–H groups in total. The minimum absolute atomic E-state index is 0.185. The maximum absolute atomic E-state index is 12.6. The molecule has 0 heterocycles. The average Bonchev–Trinajstić information content (AvgIpc) is 2.71. The number of aryl methyl sites for hydroxylation is 2. The number of nitrogens with one attached hydrogen (secondary N) is 2. The third-order valence-corrected chi connectivity index (χ3v) is 4.29. The molecule has 0 fully saturated rings. The molecule has 0 aliphatic carbocycles. The van der Waals surface area contributed by atoms with E-state index in [1.165, 1.54) is 0 Å². The van der Waals surface area contributed by atoms with E-state index in [0.29, 0.717) is 17.9 Å². The highest BCUT2D eigenvalue weighted by Crippen LogP contribution is 2.19. The molecule has 0 saturated carbocycles. The molecule has 3 aromatic rings. The van der Waals surface area contributed by atoms with Crippen molar-refractivity contribution in [3.8, 4) is 5.75 Å². The highest BCUT2D eigenvalue weighted by Gasteiger charge is 2.13. The lowest BCUT2D eigenvalue weighted by molar-refractivity contribution is -0.118. The Morgan fingerprint density at radius 3 is 2.24 bits per heavy atom. The average molecular weight is 388 g/mol. The van der Waals surface area contributed by atoms with Gasteiger partial charge in [-0.1, -0.05) is 48.5 Å². The summed E-state index contributed by atoms with van der Waals surface area (Å²) in [6.45, 7) is 4.18. The van der Waals surface area contributed by atoms with Crippen LogP contribution in [0, 0.1) is 13.8 Å². The van der Waals surface area contributed by atoms with Gasteiger partial charge in [-0.15, -0.1) is 0 Å². The van der Waals surface area contributed by atoms with Crippen molar-refractivity contribution in [2.24, 2.45) is 0 Å². The fourth-order valence-electron chi connectivity index (χ4n) is 3.04. The third kappa shape index (κ3) is 5.94. The molecule has 0 aromatic heterocycles. The summed E-state index contributed by atoms with van der Waals surface area (Å²) in [5, 5.41) is 5.70. The Labute approximate surface area is 170 Å². The van der Waals surface area contributed by atoms with E-state index < -0.39 is 0 Å². The Balaban J connectivity index is 1.59. The van der Waals surface area contributed by atoms with Gasteiger partial charge in [-0.2, -0.15) is 0 Å². The van der Waals surface area contributed by atoms with Crippen LogP contribution >= 0.6 is 0 Å². The van der Waals surface area contributed by atoms with Gasteiger partial charge in [-0.25, -0.2) is 0 Å². The van der Waals surface area contributed by atoms with Gasteiger partial charge in [-0.3, -0.25) is 9.59 Å². The van der Waals surface area contributed by atoms with Crippen LogP contribution in [0.1, 0.15) is 27.0 Å². The van der Waals surface area contributed by atoms with E-state index in [1.54, 1.807) is 24.3 Å². The molecule has 148 valence electrons. The van der Waals surface area contributed by atoms with Crippen molar-refractivity contribution in [1.29, 1.82) is 0 Å². The Hall–Kier alpha value is -3.60. The second-order valence-corrected chi connectivity index (χ2v) is 6.88. The van der Waals surface area contributed by atoms with Crippen LogP contribution in [0.25, 0.3) is 0 Å². The van der Waals surface area contributed by atoms with Crippen molar-refractivity contribution in [2.45, 2.75) is 20.4 Å². The molecule has 2 amide bonds. The summed E-state index contributed by atoms with van der Waals surface area (Å²) in [4.78, 5) is 24.8. The van der Waals surface area contributed by atoms with Crippen LogP contribution in [0.15, 0.2) is 72.8 Å². The molecule has 3 rings (SSSR count). The van der Waals surface area contributed by atoms with Crippen LogP contribution in [0.4, 0.5) is 5.69 Å². The number of hydrogen-bond acceptors (Lipinski definition) is 3. The molecule has 5 nitrogen and oxygen atoms in total. The molecule has 0 spiro atoms. The first-order chi connectivity index (χ1) is 14.0. The monoisotopic (exact) mass is 388 g/mol. The molecule has 0 aliphatic heterocycles. The number of ether oxygens (including phenoxy) is 1. The first-order valence-corrected chi connectivity index (χ1v) is 9.43. The van der Waals surface area contributed by atoms with Crippen LogP contribution in [-0.2, 0) is 11.3 Å². The predicted octanol–water partition coefficient (Wildman–Crippen LogP) is 4.25. The summed E-state index contributed by atoms with van der Waals surface area (Å²) in [6, 6.07) is 22.4. The molecule has 0 radical (unpaired) electrons. The Morgan fingerprint density at radius 1 is 0.862 bits per heavy atom. The highest BCUT2D eigenvalue weighted by atomic mass is 16.5. The molecular formula is C24H24N2O3. The summed E-state index contributed by atoms with van der Waals surface area (Å²) < 4.78 is 5.63.